The Morgan fingerprint density at radius 3 is 2.87 bits per heavy atom. The predicted molar refractivity (Wildman–Crippen MR) is 59.2 cm³/mol. The third-order valence-electron chi connectivity index (χ3n) is 1.99. The standard InChI is InChI=1S/C11H9NO2S/c1-7-3-2-4-9(12-7)8-5-10(11(13)14)15-6-8/h2-6H,1H3,(H,13,14). The van der Waals surface area contributed by atoms with Crippen molar-refractivity contribution in [2.45, 2.75) is 6.92 Å². The van der Waals surface area contributed by atoms with Crippen LogP contribution in [0.25, 0.3) is 11.3 Å². The highest BCUT2D eigenvalue weighted by atomic mass is 32.1. The van der Waals surface area contributed by atoms with E-state index in [0.717, 1.165) is 17.0 Å². The second kappa shape index (κ2) is 3.82. The van der Waals surface area contributed by atoms with Crippen LogP contribution in [0.2, 0.25) is 0 Å². The predicted octanol–water partition coefficient (Wildman–Crippen LogP) is 2.82. The van der Waals surface area contributed by atoms with Gasteiger partial charge in [-0.15, -0.1) is 11.3 Å². The quantitative estimate of drug-likeness (QED) is 0.844. The molecule has 2 aromatic heterocycles. The van der Waals surface area contributed by atoms with Gasteiger partial charge in [0.05, 0.1) is 5.69 Å². The van der Waals surface area contributed by atoms with Crippen LogP contribution >= 0.6 is 11.3 Å². The molecule has 15 heavy (non-hydrogen) atoms. The summed E-state index contributed by atoms with van der Waals surface area (Å²) < 4.78 is 0. The van der Waals surface area contributed by atoms with Gasteiger partial charge in [0, 0.05) is 16.6 Å². The van der Waals surface area contributed by atoms with Crippen molar-refractivity contribution < 1.29 is 9.90 Å². The van der Waals surface area contributed by atoms with Crippen molar-refractivity contribution in [2.75, 3.05) is 0 Å². The number of pyridine rings is 1. The van der Waals surface area contributed by atoms with E-state index in [2.05, 4.69) is 4.98 Å². The fourth-order valence-electron chi connectivity index (χ4n) is 1.29. The van der Waals surface area contributed by atoms with Crippen molar-refractivity contribution in [3.05, 3.63) is 40.2 Å². The first-order valence-electron chi connectivity index (χ1n) is 4.42. The third-order valence-corrected chi connectivity index (χ3v) is 2.91. The molecule has 2 rings (SSSR count). The van der Waals surface area contributed by atoms with E-state index in [0.29, 0.717) is 4.88 Å². The van der Waals surface area contributed by atoms with Crippen LogP contribution in [-0.2, 0) is 0 Å². The van der Waals surface area contributed by atoms with Gasteiger partial charge >= 0.3 is 5.97 Å². The number of carboxylic acids is 1. The minimum atomic E-state index is -0.890. The number of hydrogen-bond acceptors (Lipinski definition) is 3. The van der Waals surface area contributed by atoms with Crippen molar-refractivity contribution in [3.8, 4) is 11.3 Å². The average Bonchev–Trinajstić information content (AvgIpc) is 2.66. The van der Waals surface area contributed by atoms with Crippen LogP contribution in [0, 0.1) is 6.92 Å². The molecule has 76 valence electrons. The highest BCUT2D eigenvalue weighted by molar-refractivity contribution is 7.12. The van der Waals surface area contributed by atoms with E-state index in [4.69, 9.17) is 5.11 Å². The van der Waals surface area contributed by atoms with Gasteiger partial charge < -0.3 is 5.11 Å². The van der Waals surface area contributed by atoms with E-state index < -0.39 is 5.97 Å². The molecule has 1 N–H and O–H groups in total. The molecule has 3 nitrogen and oxygen atoms in total. The smallest absolute Gasteiger partial charge is 0.345 e. The Hall–Kier alpha value is -1.68. The Morgan fingerprint density at radius 1 is 1.47 bits per heavy atom. The molecule has 0 aliphatic heterocycles. The maximum atomic E-state index is 10.7. The van der Waals surface area contributed by atoms with Crippen molar-refractivity contribution in [2.24, 2.45) is 0 Å². The maximum absolute atomic E-state index is 10.7. The molecule has 2 heterocycles. The van der Waals surface area contributed by atoms with Gasteiger partial charge in [0.1, 0.15) is 4.88 Å². The normalized spacial score (nSPS) is 10.2. The number of nitrogens with zero attached hydrogens (tertiary/aromatic N) is 1. The van der Waals surface area contributed by atoms with Gasteiger partial charge in [-0.2, -0.15) is 0 Å². The number of aryl methyl sites for hydroxylation is 1. The van der Waals surface area contributed by atoms with Gasteiger partial charge in [-0.25, -0.2) is 4.79 Å². The molecule has 4 heteroatoms. The Balaban J connectivity index is 2.41. The second-order valence-corrected chi connectivity index (χ2v) is 4.08. The van der Waals surface area contributed by atoms with Crippen LogP contribution < -0.4 is 0 Å². The van der Waals surface area contributed by atoms with Crippen LogP contribution in [-0.4, -0.2) is 16.1 Å². The molecule has 0 aromatic carbocycles. The fraction of sp³-hybridized carbons (Fsp3) is 0.0909. The summed E-state index contributed by atoms with van der Waals surface area (Å²) in [5.74, 6) is -0.890. The minimum Gasteiger partial charge on any atom is -0.477 e. The van der Waals surface area contributed by atoms with Crippen molar-refractivity contribution >= 4 is 17.3 Å². The first-order valence-corrected chi connectivity index (χ1v) is 5.30. The number of carboxylic acid groups (broad SMARTS) is 1. The van der Waals surface area contributed by atoms with Gasteiger partial charge in [-0.3, -0.25) is 4.98 Å². The summed E-state index contributed by atoms with van der Waals surface area (Å²) in [6, 6.07) is 7.35. The molecule has 0 radical (unpaired) electrons. The second-order valence-electron chi connectivity index (χ2n) is 3.17. The minimum absolute atomic E-state index is 0.341. The number of carbonyl (C=O) groups is 1. The lowest BCUT2D eigenvalue weighted by Crippen LogP contribution is -1.90. The molecule has 0 aliphatic carbocycles. The van der Waals surface area contributed by atoms with Crippen LogP contribution in [0.4, 0.5) is 0 Å². The Bertz CT molecular complexity index is 505. The molecular weight excluding hydrogens is 210 g/mol. The summed E-state index contributed by atoms with van der Waals surface area (Å²) in [6.45, 7) is 1.91. The van der Waals surface area contributed by atoms with Crippen molar-refractivity contribution in [3.63, 3.8) is 0 Å². The molecule has 0 fully saturated rings. The summed E-state index contributed by atoms with van der Waals surface area (Å²) in [5, 5.41) is 10.6. The Kier molecular flexibility index (Phi) is 2.51. The number of aromatic nitrogens is 1. The van der Waals surface area contributed by atoms with Crippen molar-refractivity contribution in [1.29, 1.82) is 0 Å². The van der Waals surface area contributed by atoms with E-state index in [1.54, 1.807) is 6.07 Å². The van der Waals surface area contributed by atoms with E-state index in [9.17, 15) is 4.79 Å². The lowest BCUT2D eigenvalue weighted by molar-refractivity contribution is 0.0702. The van der Waals surface area contributed by atoms with Crippen LogP contribution in [0.3, 0.4) is 0 Å². The van der Waals surface area contributed by atoms with Gasteiger partial charge in [0.25, 0.3) is 0 Å². The molecule has 0 unspecified atom stereocenters. The molecule has 0 bridgehead atoms. The number of aromatic carboxylic acids is 1. The number of hydrogen-bond donors (Lipinski definition) is 1. The number of thiophene rings is 1. The maximum Gasteiger partial charge on any atom is 0.345 e. The SMILES string of the molecule is Cc1cccc(-c2csc(C(=O)O)c2)n1. The van der Waals surface area contributed by atoms with Gasteiger partial charge in [0.2, 0.25) is 0 Å². The molecule has 0 atom stereocenters. The van der Waals surface area contributed by atoms with Crippen LogP contribution in [0.5, 0.6) is 0 Å². The molecule has 0 aliphatic rings. The molecule has 0 saturated heterocycles. The molecule has 2 aromatic rings. The van der Waals surface area contributed by atoms with E-state index in [1.165, 1.54) is 11.3 Å². The summed E-state index contributed by atoms with van der Waals surface area (Å²) >= 11 is 1.22. The molecule has 0 saturated carbocycles. The highest BCUT2D eigenvalue weighted by Gasteiger charge is 2.08. The summed E-state index contributed by atoms with van der Waals surface area (Å²) in [4.78, 5) is 15.4. The monoisotopic (exact) mass is 219 g/mol. The molecule has 0 amide bonds. The largest absolute Gasteiger partial charge is 0.477 e. The summed E-state index contributed by atoms with van der Waals surface area (Å²) in [6.07, 6.45) is 0. The lowest BCUT2D eigenvalue weighted by atomic mass is 10.2. The number of rotatable bonds is 2. The van der Waals surface area contributed by atoms with Gasteiger partial charge in [-0.1, -0.05) is 6.07 Å². The van der Waals surface area contributed by atoms with E-state index in [1.807, 2.05) is 30.5 Å². The zero-order valence-corrected chi connectivity index (χ0v) is 8.91. The van der Waals surface area contributed by atoms with E-state index >= 15 is 0 Å². The average molecular weight is 219 g/mol. The van der Waals surface area contributed by atoms with Crippen LogP contribution in [0.1, 0.15) is 15.4 Å². The van der Waals surface area contributed by atoms with Gasteiger partial charge in [0.15, 0.2) is 0 Å². The Labute approximate surface area is 91.0 Å². The summed E-state index contributed by atoms with van der Waals surface area (Å²) in [5.41, 5.74) is 2.61. The van der Waals surface area contributed by atoms with Crippen LogP contribution in [0.15, 0.2) is 29.6 Å². The fourth-order valence-corrected chi connectivity index (χ4v) is 2.03. The first-order chi connectivity index (χ1) is 7.16. The lowest BCUT2D eigenvalue weighted by Gasteiger charge is -1.97. The van der Waals surface area contributed by atoms with Crippen molar-refractivity contribution in [1.82, 2.24) is 4.98 Å². The first kappa shape index (κ1) is 9.86. The zero-order valence-electron chi connectivity index (χ0n) is 8.10. The third kappa shape index (κ3) is 2.05. The van der Waals surface area contributed by atoms with E-state index in [-0.39, 0.29) is 0 Å². The zero-order chi connectivity index (χ0) is 10.8. The summed E-state index contributed by atoms with van der Waals surface area (Å²) in [7, 11) is 0. The molecule has 0 spiro atoms. The highest BCUT2D eigenvalue weighted by Crippen LogP contribution is 2.24. The topological polar surface area (TPSA) is 50.2 Å². The van der Waals surface area contributed by atoms with Gasteiger partial charge in [-0.05, 0) is 25.1 Å². The Morgan fingerprint density at radius 2 is 2.27 bits per heavy atom. The molecular formula is C11H9NO2S.